The van der Waals surface area contributed by atoms with Crippen molar-refractivity contribution in [3.05, 3.63) is 22.6 Å². The Balaban J connectivity index is 2.16. The normalized spacial score (nSPS) is 16.7. The predicted octanol–water partition coefficient (Wildman–Crippen LogP) is 1.32. The topological polar surface area (TPSA) is 67.2 Å². The van der Waals surface area contributed by atoms with Gasteiger partial charge in [-0.15, -0.1) is 0 Å². The third kappa shape index (κ3) is 3.62. The quantitative estimate of drug-likeness (QED) is 0.889. The Morgan fingerprint density at radius 3 is 2.67 bits per heavy atom. The Morgan fingerprint density at radius 2 is 2.14 bits per heavy atom. The molecule has 0 bridgehead atoms. The fourth-order valence-electron chi connectivity index (χ4n) is 2.72. The predicted molar refractivity (Wildman–Crippen MR) is 82.6 cm³/mol. The van der Waals surface area contributed by atoms with E-state index in [4.69, 9.17) is 0 Å². The second kappa shape index (κ2) is 6.74. The second-order valence-electron chi connectivity index (χ2n) is 5.81. The number of aromatic nitrogens is 2. The van der Waals surface area contributed by atoms with Crippen LogP contribution in [0.1, 0.15) is 45.1 Å². The van der Waals surface area contributed by atoms with Crippen molar-refractivity contribution in [3.8, 4) is 0 Å². The molecule has 1 amide bonds. The zero-order valence-electron chi connectivity index (χ0n) is 13.0. The van der Waals surface area contributed by atoms with Gasteiger partial charge in [0.05, 0.1) is 11.9 Å². The highest BCUT2D eigenvalue weighted by atomic mass is 16.2. The molecular weight excluding hydrogens is 268 g/mol. The molecule has 1 N–H and O–H groups in total. The fraction of sp³-hybridized carbons (Fsp3) is 0.667. The van der Waals surface area contributed by atoms with Gasteiger partial charge >= 0.3 is 0 Å². The van der Waals surface area contributed by atoms with E-state index in [2.05, 4.69) is 10.4 Å². The van der Waals surface area contributed by atoms with Gasteiger partial charge in [0.2, 0.25) is 5.91 Å². The van der Waals surface area contributed by atoms with Crippen LogP contribution in [0.4, 0.5) is 5.69 Å². The van der Waals surface area contributed by atoms with E-state index in [0.717, 1.165) is 31.4 Å². The van der Waals surface area contributed by atoms with E-state index < -0.39 is 6.04 Å². The van der Waals surface area contributed by atoms with Gasteiger partial charge in [0.25, 0.3) is 5.56 Å². The molecule has 1 unspecified atom stereocenters. The summed E-state index contributed by atoms with van der Waals surface area (Å²) in [5, 5.41) is 7.21. The lowest BCUT2D eigenvalue weighted by molar-refractivity contribution is -0.125. The van der Waals surface area contributed by atoms with Gasteiger partial charge in [-0.3, -0.25) is 9.59 Å². The van der Waals surface area contributed by atoms with Gasteiger partial charge in [-0.25, -0.2) is 4.68 Å². The van der Waals surface area contributed by atoms with Gasteiger partial charge in [-0.05, 0) is 19.3 Å². The van der Waals surface area contributed by atoms with E-state index >= 15 is 0 Å². The fourth-order valence-corrected chi connectivity index (χ4v) is 2.72. The zero-order chi connectivity index (χ0) is 15.4. The molecule has 0 saturated heterocycles. The van der Waals surface area contributed by atoms with E-state index in [0.29, 0.717) is 6.42 Å². The summed E-state index contributed by atoms with van der Waals surface area (Å²) in [4.78, 5) is 26.4. The van der Waals surface area contributed by atoms with Crippen LogP contribution in [0.5, 0.6) is 0 Å². The molecule has 6 heteroatoms. The average molecular weight is 292 g/mol. The number of rotatable bonds is 5. The number of carbonyl (C=O) groups excluding carboxylic acids is 1. The number of hydrogen-bond acceptors (Lipinski definition) is 4. The number of hydrogen-bond donors (Lipinski definition) is 1. The van der Waals surface area contributed by atoms with Gasteiger partial charge in [0.15, 0.2) is 0 Å². The lowest BCUT2D eigenvalue weighted by Crippen LogP contribution is -2.41. The van der Waals surface area contributed by atoms with Crippen LogP contribution < -0.4 is 15.8 Å². The molecule has 0 radical (unpaired) electrons. The number of anilines is 1. The summed E-state index contributed by atoms with van der Waals surface area (Å²) in [5.74, 6) is -0.100. The second-order valence-corrected chi connectivity index (χ2v) is 5.81. The molecule has 2 rings (SSSR count). The molecule has 0 aromatic carbocycles. The molecule has 1 aliphatic rings. The molecule has 1 aliphatic carbocycles. The maximum Gasteiger partial charge on any atom is 0.269 e. The molecule has 1 aromatic rings. The van der Waals surface area contributed by atoms with Crippen LogP contribution in [-0.2, 0) is 4.79 Å². The zero-order valence-corrected chi connectivity index (χ0v) is 13.0. The Kier molecular flexibility index (Phi) is 4.98. The molecule has 0 aliphatic heterocycles. The molecule has 1 saturated carbocycles. The van der Waals surface area contributed by atoms with Crippen molar-refractivity contribution in [1.29, 1.82) is 0 Å². The maximum absolute atomic E-state index is 12.4. The number of nitrogens with one attached hydrogen (secondary N) is 1. The van der Waals surface area contributed by atoms with E-state index in [1.807, 2.05) is 25.9 Å². The van der Waals surface area contributed by atoms with Crippen molar-refractivity contribution in [3.63, 3.8) is 0 Å². The highest BCUT2D eigenvalue weighted by Gasteiger charge is 2.25. The first-order valence-electron chi connectivity index (χ1n) is 7.59. The Morgan fingerprint density at radius 1 is 1.48 bits per heavy atom. The van der Waals surface area contributed by atoms with E-state index in [1.54, 1.807) is 6.20 Å². The summed E-state index contributed by atoms with van der Waals surface area (Å²) in [6.07, 6.45) is 6.56. The molecule has 1 aromatic heterocycles. The van der Waals surface area contributed by atoms with Crippen LogP contribution in [0.25, 0.3) is 0 Å². The monoisotopic (exact) mass is 292 g/mol. The molecule has 116 valence electrons. The number of amides is 1. The van der Waals surface area contributed by atoms with Crippen LogP contribution >= 0.6 is 0 Å². The summed E-state index contributed by atoms with van der Waals surface area (Å²) in [6, 6.07) is 1.23. The summed E-state index contributed by atoms with van der Waals surface area (Å²) >= 11 is 0. The third-order valence-corrected chi connectivity index (χ3v) is 4.01. The molecule has 21 heavy (non-hydrogen) atoms. The summed E-state index contributed by atoms with van der Waals surface area (Å²) in [6.45, 7) is 1.90. The highest BCUT2D eigenvalue weighted by molar-refractivity contribution is 5.80. The summed E-state index contributed by atoms with van der Waals surface area (Å²) in [5.41, 5.74) is 0.497. The largest absolute Gasteiger partial charge is 0.376 e. The van der Waals surface area contributed by atoms with E-state index in [9.17, 15) is 9.59 Å². The number of nitrogens with zero attached hydrogens (tertiary/aromatic N) is 3. The van der Waals surface area contributed by atoms with E-state index in [-0.39, 0.29) is 17.5 Å². The Bertz CT molecular complexity index is 547. The van der Waals surface area contributed by atoms with Crippen molar-refractivity contribution in [1.82, 2.24) is 15.1 Å². The smallest absolute Gasteiger partial charge is 0.269 e. The van der Waals surface area contributed by atoms with Gasteiger partial charge in [0, 0.05) is 26.2 Å². The van der Waals surface area contributed by atoms with E-state index in [1.165, 1.54) is 10.7 Å². The molecule has 0 spiro atoms. The van der Waals surface area contributed by atoms with Gasteiger partial charge in [-0.1, -0.05) is 19.8 Å². The number of carbonyl (C=O) groups is 1. The average Bonchev–Trinajstić information content (AvgIpc) is 2.94. The standard InChI is InChI=1S/C15H24N4O2/c1-4-13(15(21)17-11-7-5-6-8-11)19-14(20)9-12(10-16-19)18(2)3/h9-11,13H,4-8H2,1-3H3,(H,17,21). The molecule has 1 fully saturated rings. The van der Waals surface area contributed by atoms with Crippen LogP contribution in [0.2, 0.25) is 0 Å². The molecule has 1 heterocycles. The van der Waals surface area contributed by atoms with Crippen LogP contribution in [0.3, 0.4) is 0 Å². The van der Waals surface area contributed by atoms with Crippen LogP contribution in [0, 0.1) is 0 Å². The molecular formula is C15H24N4O2. The minimum Gasteiger partial charge on any atom is -0.376 e. The summed E-state index contributed by atoms with van der Waals surface area (Å²) in [7, 11) is 3.70. The molecule has 6 nitrogen and oxygen atoms in total. The van der Waals surface area contributed by atoms with Crippen LogP contribution in [0.15, 0.2) is 17.1 Å². The SMILES string of the molecule is CCC(C(=O)NC1CCCC1)n1ncc(N(C)C)cc1=O. The minimum absolute atomic E-state index is 0.100. The van der Waals surface area contributed by atoms with Crippen molar-refractivity contribution >= 4 is 11.6 Å². The third-order valence-electron chi connectivity index (χ3n) is 4.01. The first-order valence-corrected chi connectivity index (χ1v) is 7.59. The first-order chi connectivity index (χ1) is 10.0. The van der Waals surface area contributed by atoms with Crippen molar-refractivity contribution in [2.24, 2.45) is 0 Å². The first kappa shape index (κ1) is 15.5. The Hall–Kier alpha value is -1.85. The van der Waals surface area contributed by atoms with Gasteiger partial charge < -0.3 is 10.2 Å². The lowest BCUT2D eigenvalue weighted by Gasteiger charge is -2.20. The molecule has 1 atom stereocenters. The van der Waals surface area contributed by atoms with Crippen molar-refractivity contribution in [2.75, 3.05) is 19.0 Å². The van der Waals surface area contributed by atoms with Crippen LogP contribution in [-0.4, -0.2) is 35.8 Å². The van der Waals surface area contributed by atoms with Gasteiger partial charge in [0.1, 0.15) is 6.04 Å². The Labute approximate surface area is 125 Å². The van der Waals surface area contributed by atoms with Crippen molar-refractivity contribution < 1.29 is 4.79 Å². The maximum atomic E-state index is 12.4. The lowest BCUT2D eigenvalue weighted by atomic mass is 10.1. The summed E-state index contributed by atoms with van der Waals surface area (Å²) < 4.78 is 1.29. The van der Waals surface area contributed by atoms with Crippen molar-refractivity contribution in [2.45, 2.75) is 51.1 Å². The highest BCUT2D eigenvalue weighted by Crippen LogP contribution is 2.19. The van der Waals surface area contributed by atoms with Gasteiger partial charge in [-0.2, -0.15) is 5.10 Å². The minimum atomic E-state index is -0.533.